The number of hydrogen-bond acceptors (Lipinski definition) is 10. The first-order valence-corrected chi connectivity index (χ1v) is 46.0. The van der Waals surface area contributed by atoms with Crippen molar-refractivity contribution >= 4 is 0 Å². The highest BCUT2D eigenvalue weighted by Crippen LogP contribution is 2.45. The molecule has 10 nitrogen and oxygen atoms in total. The molecule has 5 aliphatic carbocycles. The van der Waals surface area contributed by atoms with Crippen molar-refractivity contribution in [1.29, 1.82) is 0 Å². The van der Waals surface area contributed by atoms with E-state index in [2.05, 4.69) is 181 Å². The highest BCUT2D eigenvalue weighted by Gasteiger charge is 2.36. The molecular formula is C105H156O10. The Morgan fingerprint density at radius 2 is 0.843 bits per heavy atom. The third-order valence-electron chi connectivity index (χ3n) is 24.6. The molecule has 115 heavy (non-hydrogen) atoms. The number of hydrogen-bond donors (Lipinski definition) is 3. The number of ether oxygens (including phenoxy) is 7. The predicted octanol–water partition coefficient (Wildman–Crippen LogP) is 28.7. The maximum Gasteiger partial charge on any atom is 0.200 e. The van der Waals surface area contributed by atoms with Gasteiger partial charge in [0, 0.05) is 19.3 Å². The van der Waals surface area contributed by atoms with E-state index in [0.717, 1.165) is 122 Å². The molecule has 5 saturated carbocycles. The SMILES string of the molecule is CCCCC(C)CC(OCCOc1ccc(C2CCCCC2)cc1)Oc1ccc(CC)cc1.CCc1ccc(O)c(C)c1.CCc1ccc(O)cc1.CCc1ccc(O)cc1.CCc1ccc(OC(CC(C)C)OC2CCC3CCCCC3C2)c(C)c1.CCc1ccc(OC(CC(C2CCCCC2)C2CCCCC2)OC(C)C)cc1. The molecule has 5 fully saturated rings. The minimum Gasteiger partial charge on any atom is -0.508 e. The molecule has 7 aromatic rings. The maximum atomic E-state index is 9.14. The quantitative estimate of drug-likeness (QED) is 0.0270. The summed E-state index contributed by atoms with van der Waals surface area (Å²) in [5, 5.41) is 26.8. The summed E-state index contributed by atoms with van der Waals surface area (Å²) in [6.45, 7) is 31.2. The Balaban J connectivity index is 0.000000204. The second-order valence-electron chi connectivity index (χ2n) is 34.6. The van der Waals surface area contributed by atoms with Gasteiger partial charge in [-0.2, -0.15) is 0 Å². The van der Waals surface area contributed by atoms with Crippen LogP contribution in [0.3, 0.4) is 0 Å². The number of phenolic OH excluding ortho intramolecular Hbond substituents is 3. The summed E-state index contributed by atoms with van der Waals surface area (Å²) in [6, 6.07) is 52.5. The summed E-state index contributed by atoms with van der Waals surface area (Å²) in [6.07, 6.45) is 43.5. The number of fused-ring (bicyclic) bond motifs is 1. The van der Waals surface area contributed by atoms with E-state index in [1.54, 1.807) is 30.3 Å². The largest absolute Gasteiger partial charge is 0.508 e. The van der Waals surface area contributed by atoms with Gasteiger partial charge in [0.2, 0.25) is 0 Å². The smallest absolute Gasteiger partial charge is 0.200 e. The molecule has 0 radical (unpaired) electrons. The van der Waals surface area contributed by atoms with Crippen LogP contribution in [0.2, 0.25) is 0 Å². The molecule has 0 aliphatic heterocycles. The second kappa shape index (κ2) is 54.2. The molecule has 12 rings (SSSR count). The minimum atomic E-state index is -0.249. The van der Waals surface area contributed by atoms with Gasteiger partial charge in [-0.3, -0.25) is 0 Å². The van der Waals surface area contributed by atoms with Crippen LogP contribution in [0.4, 0.5) is 0 Å². The lowest BCUT2D eigenvalue weighted by molar-refractivity contribution is -0.146. The zero-order valence-electron chi connectivity index (χ0n) is 74.2. The summed E-state index contributed by atoms with van der Waals surface area (Å²) >= 11 is 0. The number of aryl methyl sites for hydroxylation is 8. The van der Waals surface area contributed by atoms with E-state index in [-0.39, 0.29) is 25.0 Å². The highest BCUT2D eigenvalue weighted by atomic mass is 16.7. The standard InChI is InChI=1S/C30H44O3.C26H42O2.C24H38O2.C9H12O.2C8H10O/c1-4-6-10-24(3)23-30(33-29-17-13-25(5-2)14-18-29)32-22-21-31-28-19-15-27(16-20-28)26-11-8-7-9-12-26;1-4-21-15-17-24(18-16-21)28-26(27-20(2)3)19-25(22-11-7-5-8-12-22)23-13-9-6-10-14-23;1-5-19-10-13-23(18(4)15-19)26-24(14-17(2)3)25-22-12-11-20-8-6-7-9-21(20)16-22;1-3-8-4-5-9(10)7(2)6-8;2*1-2-7-3-5-8(9)6-4-7/h13-20,24,26,30H,4-12,21-23H2,1-3H3;15-18,20,22-23,25-26H,4-14,19H2,1-3H3;10,13,15,17,20-22,24H,5-9,11-12,14,16H2,1-4H3;4-6,10H,3H2,1-2H3;2*3-6,9H,2H2,1H3. The van der Waals surface area contributed by atoms with Gasteiger partial charge in [0.25, 0.3) is 0 Å². The fourth-order valence-corrected chi connectivity index (χ4v) is 17.5. The molecule has 0 bridgehead atoms. The van der Waals surface area contributed by atoms with Crippen molar-refractivity contribution in [1.82, 2.24) is 0 Å². The molecule has 5 aliphatic rings. The van der Waals surface area contributed by atoms with Crippen LogP contribution in [0.1, 0.15) is 319 Å². The maximum absolute atomic E-state index is 9.14. The first-order chi connectivity index (χ1) is 55.8. The summed E-state index contributed by atoms with van der Waals surface area (Å²) < 4.78 is 44.0. The average molecular weight is 1580 g/mol. The Morgan fingerprint density at radius 1 is 0.391 bits per heavy atom. The lowest BCUT2D eigenvalue weighted by Crippen LogP contribution is -2.36. The van der Waals surface area contributed by atoms with E-state index >= 15 is 0 Å². The second-order valence-corrected chi connectivity index (χ2v) is 34.6. The number of aromatic hydroxyl groups is 3. The zero-order chi connectivity index (χ0) is 82.5. The van der Waals surface area contributed by atoms with Gasteiger partial charge in [-0.15, -0.1) is 0 Å². The molecule has 0 saturated heterocycles. The van der Waals surface area contributed by atoms with E-state index in [0.29, 0.717) is 48.4 Å². The molecule has 0 heterocycles. The third kappa shape index (κ3) is 36.4. The summed E-state index contributed by atoms with van der Waals surface area (Å²) in [5.74, 6) is 11.0. The van der Waals surface area contributed by atoms with Crippen molar-refractivity contribution in [3.63, 3.8) is 0 Å². The Kier molecular flexibility index (Phi) is 44.8. The van der Waals surface area contributed by atoms with Crippen molar-refractivity contribution in [2.45, 2.75) is 352 Å². The normalized spacial score (nSPS) is 18.2. The summed E-state index contributed by atoms with van der Waals surface area (Å²) in [4.78, 5) is 0. The van der Waals surface area contributed by atoms with E-state index in [4.69, 9.17) is 48.5 Å². The van der Waals surface area contributed by atoms with Crippen molar-refractivity contribution < 1.29 is 48.5 Å². The van der Waals surface area contributed by atoms with Gasteiger partial charge in [-0.25, -0.2) is 0 Å². The Labute approximate surface area is 699 Å². The minimum absolute atomic E-state index is 0.119. The first kappa shape index (κ1) is 95.2. The molecule has 0 spiro atoms. The van der Waals surface area contributed by atoms with Crippen molar-refractivity contribution in [2.75, 3.05) is 13.2 Å². The predicted molar refractivity (Wildman–Crippen MR) is 481 cm³/mol. The Bertz CT molecular complexity index is 3560. The van der Waals surface area contributed by atoms with Crippen LogP contribution >= 0.6 is 0 Å². The molecular weight excluding hydrogens is 1420 g/mol. The van der Waals surface area contributed by atoms with Crippen LogP contribution in [0.15, 0.2) is 158 Å². The Morgan fingerprint density at radius 3 is 1.32 bits per heavy atom. The molecule has 0 amide bonds. The van der Waals surface area contributed by atoms with E-state index < -0.39 is 0 Å². The van der Waals surface area contributed by atoms with Gasteiger partial charge in [-0.1, -0.05) is 283 Å². The number of phenols is 3. The number of rotatable bonds is 33. The van der Waals surface area contributed by atoms with Crippen molar-refractivity contribution in [2.24, 2.45) is 41.4 Å². The van der Waals surface area contributed by atoms with Gasteiger partial charge >= 0.3 is 0 Å². The van der Waals surface area contributed by atoms with Gasteiger partial charge in [0.15, 0.2) is 18.9 Å². The first-order valence-electron chi connectivity index (χ1n) is 46.0. The molecule has 10 heteroatoms. The van der Waals surface area contributed by atoms with Crippen LogP contribution in [-0.4, -0.2) is 59.6 Å². The average Bonchev–Trinajstić information content (AvgIpc) is 0.837. The van der Waals surface area contributed by atoms with Gasteiger partial charge in [0.1, 0.15) is 46.9 Å². The monoisotopic (exact) mass is 1580 g/mol. The summed E-state index contributed by atoms with van der Waals surface area (Å²) in [7, 11) is 0. The fraction of sp³-hybridized carbons (Fsp3) is 0.600. The molecule has 3 N–H and O–H groups in total. The van der Waals surface area contributed by atoms with Gasteiger partial charge < -0.3 is 48.5 Å². The zero-order valence-corrected chi connectivity index (χ0v) is 74.2. The lowest BCUT2D eigenvalue weighted by Gasteiger charge is -2.40. The van der Waals surface area contributed by atoms with E-state index in [1.807, 2.05) is 43.3 Å². The van der Waals surface area contributed by atoms with Gasteiger partial charge in [-0.05, 0) is 269 Å². The van der Waals surface area contributed by atoms with Crippen LogP contribution in [0.25, 0.3) is 0 Å². The van der Waals surface area contributed by atoms with Crippen LogP contribution < -0.4 is 18.9 Å². The Hall–Kier alpha value is -6.98. The van der Waals surface area contributed by atoms with Crippen molar-refractivity contribution in [3.8, 4) is 40.2 Å². The van der Waals surface area contributed by atoms with Crippen LogP contribution in [0.5, 0.6) is 40.2 Å². The molecule has 0 aromatic heterocycles. The summed E-state index contributed by atoms with van der Waals surface area (Å²) in [5.41, 5.74) is 11.5. The van der Waals surface area contributed by atoms with E-state index in [9.17, 15) is 0 Å². The molecule has 7 aromatic carbocycles. The van der Waals surface area contributed by atoms with Crippen LogP contribution in [0, 0.1) is 55.3 Å². The number of unbranched alkanes of at least 4 members (excludes halogenated alkanes) is 1. The fourth-order valence-electron chi connectivity index (χ4n) is 17.5. The topological polar surface area (TPSA) is 125 Å². The molecule has 636 valence electrons. The highest BCUT2D eigenvalue weighted by molar-refractivity contribution is 5.37. The molecule has 7 unspecified atom stereocenters. The molecule has 7 atom stereocenters. The van der Waals surface area contributed by atoms with E-state index in [1.165, 1.54) is 205 Å². The van der Waals surface area contributed by atoms with Crippen molar-refractivity contribution in [3.05, 3.63) is 208 Å². The lowest BCUT2D eigenvalue weighted by atomic mass is 9.68. The van der Waals surface area contributed by atoms with Gasteiger partial charge in [0.05, 0.1) is 18.8 Å². The third-order valence-corrected chi connectivity index (χ3v) is 24.6. The van der Waals surface area contributed by atoms with Crippen LogP contribution in [-0.2, 0) is 52.7 Å². The number of benzene rings is 7.